The second-order valence-corrected chi connectivity index (χ2v) is 6.45. The first-order chi connectivity index (χ1) is 12.7. The van der Waals surface area contributed by atoms with Crippen LogP contribution in [0, 0.1) is 11.3 Å². The molecule has 1 N–H and O–H groups in total. The Hall–Kier alpha value is -3.00. The van der Waals surface area contributed by atoms with Gasteiger partial charge in [0.2, 0.25) is 5.91 Å². The number of carbonyl (C=O) groups is 1. The lowest BCUT2D eigenvalue weighted by molar-refractivity contribution is -0.130. The van der Waals surface area contributed by atoms with Gasteiger partial charge in [-0.05, 0) is 48.2 Å². The molecule has 1 amide bonds. The fourth-order valence-electron chi connectivity index (χ4n) is 3.16. The minimum Gasteiger partial charge on any atom is -0.497 e. The zero-order valence-electron chi connectivity index (χ0n) is 14.9. The number of rotatable bonds is 6. The number of methoxy groups -OCH3 is 1. The Balaban J connectivity index is 1.53. The number of anilines is 1. The van der Waals surface area contributed by atoms with Gasteiger partial charge in [0, 0.05) is 18.8 Å². The minimum atomic E-state index is -0.257. The highest BCUT2D eigenvalue weighted by molar-refractivity contribution is 5.79. The Morgan fingerprint density at radius 3 is 2.54 bits per heavy atom. The normalized spacial score (nSPS) is 16.2. The molecule has 0 spiro atoms. The number of likely N-dealkylation sites (tertiary alicyclic amines) is 1. The fraction of sp³-hybridized carbons (Fsp3) is 0.333. The molecule has 5 heteroatoms. The Morgan fingerprint density at radius 2 is 1.88 bits per heavy atom. The number of ether oxygens (including phenoxy) is 1. The van der Waals surface area contributed by atoms with Gasteiger partial charge in [-0.2, -0.15) is 5.26 Å². The third-order valence-electron chi connectivity index (χ3n) is 4.69. The number of benzene rings is 2. The Morgan fingerprint density at radius 1 is 1.19 bits per heavy atom. The monoisotopic (exact) mass is 349 g/mol. The third kappa shape index (κ3) is 4.34. The summed E-state index contributed by atoms with van der Waals surface area (Å²) in [7, 11) is 1.66. The number of hydrogen-bond donors (Lipinski definition) is 1. The molecule has 134 valence electrons. The number of nitriles is 1. The van der Waals surface area contributed by atoms with Crippen LogP contribution in [0.5, 0.6) is 5.75 Å². The van der Waals surface area contributed by atoms with Crippen molar-refractivity contribution in [3.63, 3.8) is 0 Å². The lowest BCUT2D eigenvalue weighted by Crippen LogP contribution is -2.35. The second-order valence-electron chi connectivity index (χ2n) is 6.45. The van der Waals surface area contributed by atoms with Gasteiger partial charge in [0.05, 0.1) is 19.6 Å². The molecule has 3 rings (SSSR count). The van der Waals surface area contributed by atoms with E-state index in [2.05, 4.69) is 11.4 Å². The first-order valence-corrected chi connectivity index (χ1v) is 8.84. The molecule has 0 bridgehead atoms. The highest BCUT2D eigenvalue weighted by Crippen LogP contribution is 2.19. The fourth-order valence-corrected chi connectivity index (χ4v) is 3.16. The van der Waals surface area contributed by atoms with Crippen LogP contribution >= 0.6 is 0 Å². The van der Waals surface area contributed by atoms with E-state index in [1.165, 1.54) is 5.56 Å². The van der Waals surface area contributed by atoms with Crippen LogP contribution in [-0.2, 0) is 17.8 Å². The molecule has 1 aliphatic heterocycles. The quantitative estimate of drug-likeness (QED) is 0.868. The number of carbonyl (C=O) groups excluding carboxylic acids is 1. The first kappa shape index (κ1) is 17.8. The Kier molecular flexibility index (Phi) is 5.75. The lowest BCUT2D eigenvalue weighted by Gasteiger charge is -2.19. The minimum absolute atomic E-state index is 0.0352. The molecule has 5 nitrogen and oxygen atoms in total. The summed E-state index contributed by atoms with van der Waals surface area (Å²) in [5.41, 5.74) is 3.14. The molecule has 1 atom stereocenters. The summed E-state index contributed by atoms with van der Waals surface area (Å²) < 4.78 is 5.16. The van der Waals surface area contributed by atoms with E-state index in [1.54, 1.807) is 12.0 Å². The van der Waals surface area contributed by atoms with Gasteiger partial charge in [-0.25, -0.2) is 0 Å². The van der Waals surface area contributed by atoms with Crippen molar-refractivity contribution in [3.8, 4) is 11.8 Å². The largest absolute Gasteiger partial charge is 0.497 e. The van der Waals surface area contributed by atoms with E-state index < -0.39 is 0 Å². The van der Waals surface area contributed by atoms with Gasteiger partial charge >= 0.3 is 0 Å². The van der Waals surface area contributed by atoms with Crippen LogP contribution < -0.4 is 10.1 Å². The van der Waals surface area contributed by atoms with Gasteiger partial charge < -0.3 is 15.0 Å². The summed E-state index contributed by atoms with van der Waals surface area (Å²) in [6, 6.07) is 17.8. The Labute approximate surface area is 154 Å². The van der Waals surface area contributed by atoms with Gasteiger partial charge in [-0.3, -0.25) is 4.79 Å². The zero-order chi connectivity index (χ0) is 18.4. The first-order valence-electron chi connectivity index (χ1n) is 8.84. The van der Waals surface area contributed by atoms with E-state index in [9.17, 15) is 4.79 Å². The molecule has 0 saturated carbocycles. The van der Waals surface area contributed by atoms with Crippen molar-refractivity contribution >= 4 is 11.6 Å². The SMILES string of the molecule is COc1ccc(CNc2ccc(CC(=O)N3CCC[C@@H]3C#N)cc2)cc1. The van der Waals surface area contributed by atoms with Crippen molar-refractivity contribution in [1.29, 1.82) is 5.26 Å². The van der Waals surface area contributed by atoms with Crippen LogP contribution in [0.15, 0.2) is 48.5 Å². The van der Waals surface area contributed by atoms with Crippen molar-refractivity contribution in [3.05, 3.63) is 59.7 Å². The summed E-state index contributed by atoms with van der Waals surface area (Å²) in [6.07, 6.45) is 2.05. The molecule has 26 heavy (non-hydrogen) atoms. The summed E-state index contributed by atoms with van der Waals surface area (Å²) in [4.78, 5) is 14.1. The van der Waals surface area contributed by atoms with Gasteiger partial charge in [0.15, 0.2) is 0 Å². The molecule has 2 aromatic rings. The van der Waals surface area contributed by atoms with E-state index in [0.717, 1.165) is 36.4 Å². The molecule has 2 aromatic carbocycles. The number of amides is 1. The van der Waals surface area contributed by atoms with Crippen LogP contribution in [0.25, 0.3) is 0 Å². The van der Waals surface area contributed by atoms with Crippen molar-refractivity contribution in [2.24, 2.45) is 0 Å². The molecule has 1 aliphatic rings. The second kappa shape index (κ2) is 8.39. The van der Waals surface area contributed by atoms with Crippen molar-refractivity contribution < 1.29 is 9.53 Å². The summed E-state index contributed by atoms with van der Waals surface area (Å²) in [5, 5.41) is 12.5. The molecule has 0 aliphatic carbocycles. The van der Waals surface area contributed by atoms with Gasteiger partial charge in [0.1, 0.15) is 11.8 Å². The van der Waals surface area contributed by atoms with Crippen LogP contribution in [0.1, 0.15) is 24.0 Å². The number of nitrogens with zero attached hydrogens (tertiary/aromatic N) is 2. The van der Waals surface area contributed by atoms with Crippen molar-refractivity contribution in [2.45, 2.75) is 31.8 Å². The number of hydrogen-bond acceptors (Lipinski definition) is 4. The highest BCUT2D eigenvalue weighted by Gasteiger charge is 2.28. The van der Waals surface area contributed by atoms with E-state index >= 15 is 0 Å². The molecule has 0 aromatic heterocycles. The van der Waals surface area contributed by atoms with Crippen LogP contribution in [-0.4, -0.2) is 30.5 Å². The van der Waals surface area contributed by atoms with E-state index in [-0.39, 0.29) is 11.9 Å². The van der Waals surface area contributed by atoms with Crippen molar-refractivity contribution in [2.75, 3.05) is 19.0 Å². The summed E-state index contributed by atoms with van der Waals surface area (Å²) >= 11 is 0. The van der Waals surface area contributed by atoms with E-state index in [0.29, 0.717) is 13.0 Å². The smallest absolute Gasteiger partial charge is 0.228 e. The highest BCUT2D eigenvalue weighted by atomic mass is 16.5. The van der Waals surface area contributed by atoms with Gasteiger partial charge in [0.25, 0.3) is 0 Å². The lowest BCUT2D eigenvalue weighted by atomic mass is 10.1. The molecule has 0 unspecified atom stereocenters. The van der Waals surface area contributed by atoms with E-state index in [1.807, 2.05) is 48.5 Å². The van der Waals surface area contributed by atoms with Crippen molar-refractivity contribution in [1.82, 2.24) is 4.90 Å². The summed E-state index contributed by atoms with van der Waals surface area (Å²) in [6.45, 7) is 1.42. The van der Waals surface area contributed by atoms with Gasteiger partial charge in [-0.1, -0.05) is 24.3 Å². The molecule has 1 saturated heterocycles. The average molecular weight is 349 g/mol. The topological polar surface area (TPSA) is 65.4 Å². The molecule has 0 radical (unpaired) electrons. The predicted octanol–water partition coefficient (Wildman–Crippen LogP) is 3.36. The molecular weight excluding hydrogens is 326 g/mol. The molecule has 1 heterocycles. The Bertz CT molecular complexity index is 778. The maximum Gasteiger partial charge on any atom is 0.228 e. The van der Waals surface area contributed by atoms with E-state index in [4.69, 9.17) is 10.00 Å². The number of nitrogens with one attached hydrogen (secondary N) is 1. The molecular formula is C21H23N3O2. The van der Waals surface area contributed by atoms with Crippen LogP contribution in [0.4, 0.5) is 5.69 Å². The summed E-state index contributed by atoms with van der Waals surface area (Å²) in [5.74, 6) is 0.882. The maximum absolute atomic E-state index is 12.4. The zero-order valence-corrected chi connectivity index (χ0v) is 14.9. The maximum atomic E-state index is 12.4. The third-order valence-corrected chi connectivity index (χ3v) is 4.69. The van der Waals surface area contributed by atoms with Crippen LogP contribution in [0.3, 0.4) is 0 Å². The predicted molar refractivity (Wildman–Crippen MR) is 101 cm³/mol. The average Bonchev–Trinajstić information content (AvgIpc) is 3.17. The standard InChI is InChI=1S/C21H23N3O2/c1-26-20-10-6-17(7-11-20)15-23-18-8-4-16(5-9-18)13-21(25)24-12-2-3-19(24)14-22/h4-11,19,23H,2-3,12-13,15H2,1H3/t19-/m1/s1. The van der Waals surface area contributed by atoms with Crippen LogP contribution in [0.2, 0.25) is 0 Å². The molecule has 1 fully saturated rings. The van der Waals surface area contributed by atoms with Gasteiger partial charge in [-0.15, -0.1) is 0 Å².